The van der Waals surface area contributed by atoms with Gasteiger partial charge in [0, 0.05) is 19.6 Å². The van der Waals surface area contributed by atoms with Crippen LogP contribution in [0.5, 0.6) is 0 Å². The average Bonchev–Trinajstić information content (AvgIpc) is 3.42. The van der Waals surface area contributed by atoms with E-state index in [1.807, 2.05) is 30.3 Å². The first-order valence-electron chi connectivity index (χ1n) is 8.83. The third kappa shape index (κ3) is 4.18. The third-order valence-electron chi connectivity index (χ3n) is 5.25. The van der Waals surface area contributed by atoms with Gasteiger partial charge in [0.05, 0.1) is 17.8 Å². The monoisotopic (exact) mass is 344 g/mol. The van der Waals surface area contributed by atoms with E-state index >= 15 is 0 Å². The van der Waals surface area contributed by atoms with Crippen LogP contribution in [0.1, 0.15) is 31.2 Å². The zero-order valence-electron chi connectivity index (χ0n) is 14.2. The molecule has 134 valence electrons. The van der Waals surface area contributed by atoms with Crippen LogP contribution in [0, 0.1) is 11.3 Å². The molecular weight excluding hydrogens is 320 g/mol. The van der Waals surface area contributed by atoms with Crippen molar-refractivity contribution >= 4 is 17.8 Å². The van der Waals surface area contributed by atoms with Crippen LogP contribution in [0.3, 0.4) is 0 Å². The number of amides is 2. The Morgan fingerprint density at radius 2 is 1.92 bits per heavy atom. The average molecular weight is 344 g/mol. The highest BCUT2D eigenvalue weighted by atomic mass is 16.4. The predicted molar refractivity (Wildman–Crippen MR) is 91.8 cm³/mol. The Balaban J connectivity index is 1.51. The lowest BCUT2D eigenvalue weighted by atomic mass is 9.96. The SMILES string of the molecule is O=C(NCC1(C(=O)O)CC1)C1CCCN(C(=O)Cc2ccccc2)C1. The summed E-state index contributed by atoms with van der Waals surface area (Å²) in [6.07, 6.45) is 3.12. The Labute approximate surface area is 147 Å². The van der Waals surface area contributed by atoms with Gasteiger partial charge in [-0.05, 0) is 31.2 Å². The van der Waals surface area contributed by atoms with Crippen LogP contribution in [0.2, 0.25) is 0 Å². The van der Waals surface area contributed by atoms with E-state index < -0.39 is 11.4 Å². The van der Waals surface area contributed by atoms with E-state index in [-0.39, 0.29) is 24.3 Å². The molecule has 1 atom stereocenters. The number of nitrogens with zero attached hydrogens (tertiary/aromatic N) is 1. The summed E-state index contributed by atoms with van der Waals surface area (Å²) < 4.78 is 0. The summed E-state index contributed by atoms with van der Waals surface area (Å²) in [5.74, 6) is -1.19. The minimum absolute atomic E-state index is 0.0351. The number of carbonyl (C=O) groups is 3. The number of likely N-dealkylation sites (tertiary alicyclic amines) is 1. The summed E-state index contributed by atoms with van der Waals surface area (Å²) in [6, 6.07) is 9.58. The summed E-state index contributed by atoms with van der Waals surface area (Å²) in [5.41, 5.74) is 0.212. The minimum Gasteiger partial charge on any atom is -0.481 e. The van der Waals surface area contributed by atoms with Crippen molar-refractivity contribution in [3.8, 4) is 0 Å². The molecule has 0 bridgehead atoms. The number of hydrogen-bond acceptors (Lipinski definition) is 3. The van der Waals surface area contributed by atoms with Crippen LogP contribution in [0.4, 0.5) is 0 Å². The van der Waals surface area contributed by atoms with Crippen LogP contribution in [0.25, 0.3) is 0 Å². The molecule has 0 spiro atoms. The molecule has 6 heteroatoms. The summed E-state index contributed by atoms with van der Waals surface area (Å²) in [6.45, 7) is 1.28. The van der Waals surface area contributed by atoms with E-state index in [9.17, 15) is 19.5 Å². The quantitative estimate of drug-likeness (QED) is 0.818. The second-order valence-electron chi connectivity index (χ2n) is 7.14. The van der Waals surface area contributed by atoms with Gasteiger partial charge >= 0.3 is 5.97 Å². The first-order chi connectivity index (χ1) is 12.0. The van der Waals surface area contributed by atoms with Crippen molar-refractivity contribution in [1.29, 1.82) is 0 Å². The van der Waals surface area contributed by atoms with Gasteiger partial charge in [0.2, 0.25) is 11.8 Å². The lowest BCUT2D eigenvalue weighted by Crippen LogP contribution is -2.47. The second kappa shape index (κ2) is 7.25. The molecule has 6 nitrogen and oxygen atoms in total. The normalized spacial score (nSPS) is 21.4. The zero-order valence-corrected chi connectivity index (χ0v) is 14.2. The Morgan fingerprint density at radius 3 is 2.56 bits per heavy atom. The topological polar surface area (TPSA) is 86.7 Å². The maximum Gasteiger partial charge on any atom is 0.311 e. The maximum absolute atomic E-state index is 12.5. The third-order valence-corrected chi connectivity index (χ3v) is 5.25. The smallest absolute Gasteiger partial charge is 0.311 e. The Hall–Kier alpha value is -2.37. The lowest BCUT2D eigenvalue weighted by molar-refractivity contribution is -0.143. The molecule has 2 fully saturated rings. The molecule has 2 N–H and O–H groups in total. The van der Waals surface area contributed by atoms with Crippen LogP contribution < -0.4 is 5.32 Å². The number of benzene rings is 1. The summed E-state index contributed by atoms with van der Waals surface area (Å²) in [7, 11) is 0. The van der Waals surface area contributed by atoms with Gasteiger partial charge in [-0.1, -0.05) is 30.3 Å². The highest BCUT2D eigenvalue weighted by molar-refractivity contribution is 5.83. The molecule has 1 aromatic rings. The minimum atomic E-state index is -0.837. The standard InChI is InChI=1S/C19H24N2O4/c22-16(11-14-5-2-1-3-6-14)21-10-4-7-15(12-21)17(23)20-13-19(8-9-19)18(24)25/h1-3,5-6,15H,4,7-13H2,(H,20,23)(H,24,25). The van der Waals surface area contributed by atoms with E-state index in [2.05, 4.69) is 5.32 Å². The predicted octanol–water partition coefficient (Wildman–Crippen LogP) is 1.45. The van der Waals surface area contributed by atoms with Gasteiger partial charge in [-0.15, -0.1) is 0 Å². The molecule has 1 unspecified atom stereocenters. The molecular formula is C19H24N2O4. The zero-order chi connectivity index (χ0) is 17.9. The summed E-state index contributed by atoms with van der Waals surface area (Å²) >= 11 is 0. The van der Waals surface area contributed by atoms with Crippen molar-refractivity contribution in [3.63, 3.8) is 0 Å². The molecule has 0 aromatic heterocycles. The number of carboxylic acids is 1. The Kier molecular flexibility index (Phi) is 5.06. The molecule has 1 heterocycles. The Morgan fingerprint density at radius 1 is 1.20 bits per heavy atom. The maximum atomic E-state index is 12.5. The van der Waals surface area contributed by atoms with E-state index in [0.29, 0.717) is 32.4 Å². The molecule has 1 saturated heterocycles. The first kappa shape index (κ1) is 17.5. The van der Waals surface area contributed by atoms with Crippen molar-refractivity contribution < 1.29 is 19.5 Å². The summed E-state index contributed by atoms with van der Waals surface area (Å²) in [5, 5.41) is 12.0. The lowest BCUT2D eigenvalue weighted by Gasteiger charge is -2.32. The van der Waals surface area contributed by atoms with Crippen molar-refractivity contribution in [2.24, 2.45) is 11.3 Å². The highest BCUT2D eigenvalue weighted by Crippen LogP contribution is 2.45. The second-order valence-corrected chi connectivity index (χ2v) is 7.14. The van der Waals surface area contributed by atoms with Crippen LogP contribution in [-0.2, 0) is 20.8 Å². The van der Waals surface area contributed by atoms with Gasteiger partial charge in [-0.25, -0.2) is 0 Å². The molecule has 2 aliphatic rings. The van der Waals surface area contributed by atoms with Gasteiger partial charge in [0.1, 0.15) is 0 Å². The van der Waals surface area contributed by atoms with Crippen molar-refractivity contribution in [1.82, 2.24) is 10.2 Å². The molecule has 2 amide bonds. The number of piperidine rings is 1. The molecule has 3 rings (SSSR count). The molecule has 1 aromatic carbocycles. The van der Waals surface area contributed by atoms with E-state index in [4.69, 9.17) is 0 Å². The van der Waals surface area contributed by atoms with Gasteiger partial charge in [-0.2, -0.15) is 0 Å². The number of carboxylic acid groups (broad SMARTS) is 1. The summed E-state index contributed by atoms with van der Waals surface area (Å²) in [4.78, 5) is 37.8. The van der Waals surface area contributed by atoms with Crippen molar-refractivity contribution in [3.05, 3.63) is 35.9 Å². The fourth-order valence-corrected chi connectivity index (χ4v) is 3.32. The molecule has 25 heavy (non-hydrogen) atoms. The van der Waals surface area contributed by atoms with Crippen LogP contribution in [-0.4, -0.2) is 47.4 Å². The largest absolute Gasteiger partial charge is 0.481 e. The van der Waals surface area contributed by atoms with Gasteiger partial charge < -0.3 is 15.3 Å². The van der Waals surface area contributed by atoms with Crippen LogP contribution >= 0.6 is 0 Å². The van der Waals surface area contributed by atoms with Gasteiger partial charge in [0.15, 0.2) is 0 Å². The van der Waals surface area contributed by atoms with E-state index in [1.54, 1.807) is 4.90 Å². The number of nitrogens with one attached hydrogen (secondary N) is 1. The van der Waals surface area contributed by atoms with Gasteiger partial charge in [0.25, 0.3) is 0 Å². The van der Waals surface area contributed by atoms with E-state index in [1.165, 1.54) is 0 Å². The van der Waals surface area contributed by atoms with Crippen molar-refractivity contribution in [2.75, 3.05) is 19.6 Å². The van der Waals surface area contributed by atoms with Crippen LogP contribution in [0.15, 0.2) is 30.3 Å². The first-order valence-corrected chi connectivity index (χ1v) is 8.83. The molecule has 1 aliphatic carbocycles. The number of rotatable bonds is 6. The Bertz CT molecular complexity index is 655. The van der Waals surface area contributed by atoms with Gasteiger partial charge in [-0.3, -0.25) is 14.4 Å². The van der Waals surface area contributed by atoms with Crippen molar-refractivity contribution in [2.45, 2.75) is 32.1 Å². The number of aliphatic carboxylic acids is 1. The fraction of sp³-hybridized carbons (Fsp3) is 0.526. The number of carbonyl (C=O) groups excluding carboxylic acids is 2. The number of hydrogen-bond donors (Lipinski definition) is 2. The molecule has 0 radical (unpaired) electrons. The van der Waals surface area contributed by atoms with E-state index in [0.717, 1.165) is 18.4 Å². The molecule has 1 saturated carbocycles. The molecule has 1 aliphatic heterocycles. The highest BCUT2D eigenvalue weighted by Gasteiger charge is 2.50. The fourth-order valence-electron chi connectivity index (χ4n) is 3.32.